The first-order chi connectivity index (χ1) is 9.25. The van der Waals surface area contributed by atoms with Gasteiger partial charge in [-0.15, -0.1) is 0 Å². The lowest BCUT2D eigenvalue weighted by Crippen LogP contribution is -2.26. The van der Waals surface area contributed by atoms with Crippen LogP contribution < -0.4 is 5.32 Å². The fourth-order valence-electron chi connectivity index (χ4n) is 1.73. The predicted molar refractivity (Wildman–Crippen MR) is 67.9 cm³/mol. The highest BCUT2D eigenvalue weighted by Crippen LogP contribution is 2.08. The van der Waals surface area contributed by atoms with Gasteiger partial charge in [0.2, 0.25) is 5.91 Å². The van der Waals surface area contributed by atoms with E-state index in [1.54, 1.807) is 24.5 Å². The number of nitrogens with zero attached hydrogens (tertiary/aromatic N) is 1. The Morgan fingerprint density at radius 1 is 1.32 bits per heavy atom. The number of amides is 1. The lowest BCUT2D eigenvalue weighted by Gasteiger charge is -2.04. The van der Waals surface area contributed by atoms with Gasteiger partial charge in [0.05, 0.1) is 5.69 Å². The molecule has 1 aromatic heterocycles. The minimum absolute atomic E-state index is 0.0910. The van der Waals surface area contributed by atoms with Gasteiger partial charge in [0.1, 0.15) is 12.1 Å². The largest absolute Gasteiger partial charge is 0.451 e. The van der Waals surface area contributed by atoms with E-state index in [0.717, 1.165) is 5.69 Å². The molecule has 0 aliphatic carbocycles. The molecule has 4 nitrogen and oxygen atoms in total. The Morgan fingerprint density at radius 3 is 2.89 bits per heavy atom. The van der Waals surface area contributed by atoms with Gasteiger partial charge < -0.3 is 9.73 Å². The van der Waals surface area contributed by atoms with Crippen molar-refractivity contribution in [1.82, 2.24) is 10.3 Å². The number of benzene rings is 1. The Bertz CT molecular complexity index is 526. The van der Waals surface area contributed by atoms with Crippen molar-refractivity contribution in [2.45, 2.75) is 19.3 Å². The van der Waals surface area contributed by atoms with Crippen LogP contribution in [0.25, 0.3) is 0 Å². The van der Waals surface area contributed by atoms with Crippen molar-refractivity contribution in [2.24, 2.45) is 0 Å². The van der Waals surface area contributed by atoms with Crippen LogP contribution >= 0.6 is 0 Å². The van der Waals surface area contributed by atoms with Gasteiger partial charge in [0, 0.05) is 19.4 Å². The van der Waals surface area contributed by atoms with Crippen molar-refractivity contribution < 1.29 is 13.6 Å². The van der Waals surface area contributed by atoms with Crippen LogP contribution in [0.4, 0.5) is 4.39 Å². The number of aryl methyl sites for hydroxylation is 1. The molecular weight excluding hydrogens is 247 g/mol. The first kappa shape index (κ1) is 13.3. The highest BCUT2D eigenvalue weighted by atomic mass is 19.1. The van der Waals surface area contributed by atoms with Crippen LogP contribution in [0.2, 0.25) is 0 Å². The summed E-state index contributed by atoms with van der Waals surface area (Å²) in [5.74, 6) is -0.357. The van der Waals surface area contributed by atoms with E-state index < -0.39 is 0 Å². The summed E-state index contributed by atoms with van der Waals surface area (Å²) in [5.41, 5.74) is 1.36. The van der Waals surface area contributed by atoms with E-state index in [1.165, 1.54) is 12.5 Å². The van der Waals surface area contributed by atoms with Crippen molar-refractivity contribution >= 4 is 5.91 Å². The van der Waals surface area contributed by atoms with E-state index in [0.29, 0.717) is 24.9 Å². The molecule has 19 heavy (non-hydrogen) atoms. The van der Waals surface area contributed by atoms with Crippen LogP contribution in [0.1, 0.15) is 17.7 Å². The highest BCUT2D eigenvalue weighted by Gasteiger charge is 2.05. The molecule has 5 heteroatoms. The molecule has 2 aromatic rings. The SMILES string of the molecule is O=C(CCc1ccccc1F)NCCc1cocn1. The fraction of sp³-hybridized carbons (Fsp3) is 0.286. The minimum atomic E-state index is -0.266. The summed E-state index contributed by atoms with van der Waals surface area (Å²) in [4.78, 5) is 15.5. The zero-order valence-corrected chi connectivity index (χ0v) is 10.4. The summed E-state index contributed by atoms with van der Waals surface area (Å²) in [6, 6.07) is 6.49. The second-order valence-corrected chi connectivity index (χ2v) is 4.17. The maximum atomic E-state index is 13.3. The van der Waals surface area contributed by atoms with Crippen LogP contribution in [0.5, 0.6) is 0 Å². The van der Waals surface area contributed by atoms with Gasteiger partial charge in [-0.2, -0.15) is 0 Å². The van der Waals surface area contributed by atoms with Gasteiger partial charge in [-0.3, -0.25) is 4.79 Å². The van der Waals surface area contributed by atoms with E-state index in [-0.39, 0.29) is 18.1 Å². The van der Waals surface area contributed by atoms with Gasteiger partial charge in [0.25, 0.3) is 0 Å². The third-order valence-corrected chi connectivity index (χ3v) is 2.77. The summed E-state index contributed by atoms with van der Waals surface area (Å²) in [5, 5.41) is 2.77. The topological polar surface area (TPSA) is 55.1 Å². The third kappa shape index (κ3) is 4.21. The Balaban J connectivity index is 1.69. The number of rotatable bonds is 6. The zero-order chi connectivity index (χ0) is 13.5. The summed E-state index contributed by atoms with van der Waals surface area (Å²) in [7, 11) is 0. The molecular formula is C14H15FN2O2. The van der Waals surface area contributed by atoms with Crippen molar-refractivity contribution in [3.05, 3.63) is 54.0 Å². The van der Waals surface area contributed by atoms with Crippen molar-refractivity contribution in [2.75, 3.05) is 6.54 Å². The average molecular weight is 262 g/mol. The lowest BCUT2D eigenvalue weighted by atomic mass is 10.1. The van der Waals surface area contributed by atoms with E-state index in [2.05, 4.69) is 10.3 Å². The standard InChI is InChI=1S/C14H15FN2O2/c15-13-4-2-1-3-11(13)5-6-14(18)16-8-7-12-9-19-10-17-12/h1-4,9-10H,5-8H2,(H,16,18). The number of oxazole rings is 1. The highest BCUT2D eigenvalue weighted by molar-refractivity contribution is 5.76. The van der Waals surface area contributed by atoms with Crippen molar-refractivity contribution in [1.29, 1.82) is 0 Å². The Labute approximate surface area is 110 Å². The van der Waals surface area contributed by atoms with Gasteiger partial charge >= 0.3 is 0 Å². The van der Waals surface area contributed by atoms with Crippen LogP contribution in [-0.4, -0.2) is 17.4 Å². The molecule has 0 spiro atoms. The lowest BCUT2D eigenvalue weighted by molar-refractivity contribution is -0.121. The molecule has 1 aromatic carbocycles. The molecule has 0 aliphatic rings. The van der Waals surface area contributed by atoms with Gasteiger partial charge in [-0.1, -0.05) is 18.2 Å². The number of nitrogens with one attached hydrogen (secondary N) is 1. The molecule has 0 atom stereocenters. The molecule has 1 amide bonds. The number of carbonyl (C=O) groups excluding carboxylic acids is 1. The molecule has 0 unspecified atom stereocenters. The van der Waals surface area contributed by atoms with Crippen LogP contribution in [-0.2, 0) is 17.6 Å². The van der Waals surface area contributed by atoms with Gasteiger partial charge in [0.15, 0.2) is 6.39 Å². The second-order valence-electron chi connectivity index (χ2n) is 4.17. The first-order valence-corrected chi connectivity index (χ1v) is 6.13. The molecule has 2 rings (SSSR count). The zero-order valence-electron chi connectivity index (χ0n) is 10.4. The first-order valence-electron chi connectivity index (χ1n) is 6.13. The number of aromatic nitrogens is 1. The van der Waals surface area contributed by atoms with Crippen molar-refractivity contribution in [3.63, 3.8) is 0 Å². The molecule has 0 aliphatic heterocycles. The summed E-state index contributed by atoms with van der Waals surface area (Å²) in [6.45, 7) is 0.503. The summed E-state index contributed by atoms with van der Waals surface area (Å²) >= 11 is 0. The maximum Gasteiger partial charge on any atom is 0.220 e. The molecule has 0 fully saturated rings. The predicted octanol–water partition coefficient (Wildman–Crippen LogP) is 2.11. The minimum Gasteiger partial charge on any atom is -0.451 e. The average Bonchev–Trinajstić information content (AvgIpc) is 2.91. The maximum absolute atomic E-state index is 13.3. The number of halogens is 1. The van der Waals surface area contributed by atoms with Gasteiger partial charge in [-0.25, -0.2) is 9.37 Å². The van der Waals surface area contributed by atoms with Gasteiger partial charge in [-0.05, 0) is 18.1 Å². The summed E-state index contributed by atoms with van der Waals surface area (Å²) < 4.78 is 18.2. The second kappa shape index (κ2) is 6.68. The third-order valence-electron chi connectivity index (χ3n) is 2.77. The molecule has 1 N–H and O–H groups in total. The van der Waals surface area contributed by atoms with Crippen LogP contribution in [0, 0.1) is 5.82 Å². The van der Waals surface area contributed by atoms with Crippen molar-refractivity contribution in [3.8, 4) is 0 Å². The van der Waals surface area contributed by atoms with E-state index in [4.69, 9.17) is 4.42 Å². The van der Waals surface area contributed by atoms with E-state index in [1.807, 2.05) is 0 Å². The molecule has 1 heterocycles. The smallest absolute Gasteiger partial charge is 0.220 e. The fourth-order valence-corrected chi connectivity index (χ4v) is 1.73. The van der Waals surface area contributed by atoms with E-state index in [9.17, 15) is 9.18 Å². The quantitative estimate of drug-likeness (QED) is 0.867. The number of hydrogen-bond donors (Lipinski definition) is 1. The Hall–Kier alpha value is -2.17. The normalized spacial score (nSPS) is 10.4. The number of carbonyl (C=O) groups is 1. The van der Waals surface area contributed by atoms with E-state index >= 15 is 0 Å². The van der Waals surface area contributed by atoms with Crippen LogP contribution in [0.15, 0.2) is 41.3 Å². The molecule has 0 saturated heterocycles. The molecule has 0 bridgehead atoms. The number of hydrogen-bond acceptors (Lipinski definition) is 3. The Morgan fingerprint density at radius 2 is 2.16 bits per heavy atom. The Kier molecular flexibility index (Phi) is 4.66. The van der Waals surface area contributed by atoms with Crippen LogP contribution in [0.3, 0.4) is 0 Å². The molecule has 0 saturated carbocycles. The molecule has 100 valence electrons. The molecule has 0 radical (unpaired) electrons. The summed E-state index contributed by atoms with van der Waals surface area (Å²) in [6.07, 6.45) is 4.21. The monoisotopic (exact) mass is 262 g/mol.